The highest BCUT2D eigenvalue weighted by Gasteiger charge is 2.52. The minimum Gasteiger partial charge on any atom is -0.508 e. The Morgan fingerprint density at radius 2 is 1.76 bits per heavy atom. The number of amides is 4. The fourth-order valence-corrected chi connectivity index (χ4v) is 10.6. The fraction of sp³-hybridized carbons (Fsp3) is 0.509. The van der Waals surface area contributed by atoms with E-state index in [4.69, 9.17) is 14.5 Å². The van der Waals surface area contributed by atoms with Crippen molar-refractivity contribution in [3.05, 3.63) is 84.2 Å². The quantitative estimate of drug-likeness (QED) is 0.0715. The van der Waals surface area contributed by atoms with Crippen LogP contribution >= 0.6 is 0 Å². The number of benzene rings is 2. The van der Waals surface area contributed by atoms with Gasteiger partial charge in [-0.25, -0.2) is 5.43 Å². The summed E-state index contributed by atoms with van der Waals surface area (Å²) in [6.45, 7) is 19.4. The minimum absolute atomic E-state index is 0.00724. The number of nitrogens with one attached hydrogen (secondary N) is 2. The molecule has 2 aromatic carbocycles. The van der Waals surface area contributed by atoms with E-state index in [0.29, 0.717) is 77.0 Å². The standard InChI is InChI=1S/C53H69N7O8/c1-9-45(63)57-23-17-53(18-24-57)19-25-59(51(53)66)47(34(3)4)49(64)56-43(50(65)60-22-12-11-21-55-60)28-36-26-38(29-39(62)27-36)37-15-16-44-41(30-37)42(31-52(6,7)32-68-33-61)48(58(44)10-2)40-14-13-20-54-46(40)35(5)67-8/h9,13-16,20,26-27,29-30,33-35,43,47,55,62H,1,10-12,17-19,21-25,28,31-32H2,2-8H3,(H,56,64). The second kappa shape index (κ2) is 21.1. The second-order valence-corrected chi connectivity index (χ2v) is 19.9. The topological polar surface area (TPSA) is 176 Å². The molecule has 3 aliphatic heterocycles. The number of rotatable bonds is 18. The number of aromatic nitrogens is 2. The summed E-state index contributed by atoms with van der Waals surface area (Å²) in [7, 11) is 1.67. The maximum atomic E-state index is 14.6. The number of hydrazine groups is 1. The number of aryl methyl sites for hydroxylation is 1. The Balaban J connectivity index is 1.23. The summed E-state index contributed by atoms with van der Waals surface area (Å²) in [6.07, 6.45) is 6.78. The van der Waals surface area contributed by atoms with E-state index >= 15 is 0 Å². The molecular formula is C53H69N7O8. The number of hydrogen-bond donors (Lipinski definition) is 3. The van der Waals surface area contributed by atoms with Crippen LogP contribution in [-0.4, -0.2) is 118 Å². The highest BCUT2D eigenvalue weighted by Crippen LogP contribution is 2.44. The summed E-state index contributed by atoms with van der Waals surface area (Å²) in [5.41, 5.74) is 9.13. The van der Waals surface area contributed by atoms with Crippen molar-refractivity contribution in [2.45, 2.75) is 111 Å². The van der Waals surface area contributed by atoms with Gasteiger partial charge in [0.15, 0.2) is 0 Å². The number of phenolic OH excluding ortho intramolecular Hbond substituents is 1. The molecule has 3 atom stereocenters. The van der Waals surface area contributed by atoms with Crippen LogP contribution in [0, 0.1) is 16.7 Å². The Labute approximate surface area is 400 Å². The number of carbonyl (C=O) groups is 5. The molecule has 15 heteroatoms. The van der Waals surface area contributed by atoms with Crippen LogP contribution in [0.5, 0.6) is 5.75 Å². The molecule has 68 heavy (non-hydrogen) atoms. The molecule has 3 saturated heterocycles. The predicted octanol–water partition coefficient (Wildman–Crippen LogP) is 6.75. The summed E-state index contributed by atoms with van der Waals surface area (Å²) < 4.78 is 13.4. The molecule has 364 valence electrons. The lowest BCUT2D eigenvalue weighted by molar-refractivity contribution is -0.148. The predicted molar refractivity (Wildman–Crippen MR) is 261 cm³/mol. The van der Waals surface area contributed by atoms with Crippen LogP contribution in [0.15, 0.2) is 67.4 Å². The number of piperidine rings is 1. The smallest absolute Gasteiger partial charge is 0.293 e. The average Bonchev–Trinajstić information content (AvgIpc) is 3.81. The Morgan fingerprint density at radius 1 is 1.01 bits per heavy atom. The van der Waals surface area contributed by atoms with Crippen LogP contribution in [-0.2, 0) is 52.8 Å². The summed E-state index contributed by atoms with van der Waals surface area (Å²) in [5.74, 6) is -1.19. The lowest BCUT2D eigenvalue weighted by atomic mass is 9.77. The molecule has 1 spiro atoms. The molecule has 0 radical (unpaired) electrons. The molecule has 15 nitrogen and oxygen atoms in total. The van der Waals surface area contributed by atoms with Gasteiger partial charge in [0.05, 0.1) is 29.5 Å². The van der Waals surface area contributed by atoms with Crippen LogP contribution < -0.4 is 10.7 Å². The Hall–Kier alpha value is -6.06. The fourth-order valence-electron chi connectivity index (χ4n) is 10.6. The second-order valence-electron chi connectivity index (χ2n) is 19.9. The molecule has 5 heterocycles. The van der Waals surface area contributed by atoms with Crippen LogP contribution in [0.3, 0.4) is 0 Å². The lowest BCUT2D eigenvalue weighted by Gasteiger charge is -2.39. The number of nitrogens with zero attached hydrogens (tertiary/aromatic N) is 5. The molecule has 7 rings (SSSR count). The first-order valence-electron chi connectivity index (χ1n) is 24.1. The first-order valence-corrected chi connectivity index (χ1v) is 24.1. The van der Waals surface area contributed by atoms with Crippen molar-refractivity contribution in [3.8, 4) is 28.1 Å². The van der Waals surface area contributed by atoms with Crippen molar-refractivity contribution >= 4 is 41.0 Å². The van der Waals surface area contributed by atoms with Gasteiger partial charge in [0, 0.05) is 80.9 Å². The number of phenols is 1. The molecule has 4 amide bonds. The summed E-state index contributed by atoms with van der Waals surface area (Å²) in [5, 5.41) is 17.0. The molecule has 3 N–H and O–H groups in total. The van der Waals surface area contributed by atoms with Crippen molar-refractivity contribution < 1.29 is 38.6 Å². The molecule has 4 aromatic rings. The van der Waals surface area contributed by atoms with E-state index in [1.807, 2.05) is 39.0 Å². The molecule has 3 fully saturated rings. The number of methoxy groups -OCH3 is 1. The highest BCUT2D eigenvalue weighted by molar-refractivity contribution is 5.96. The van der Waals surface area contributed by atoms with Gasteiger partial charge >= 0.3 is 0 Å². The van der Waals surface area contributed by atoms with E-state index in [2.05, 4.69) is 60.9 Å². The molecule has 3 aliphatic rings. The van der Waals surface area contributed by atoms with E-state index in [1.54, 1.807) is 40.2 Å². The van der Waals surface area contributed by atoms with Crippen molar-refractivity contribution in [1.82, 2.24) is 35.1 Å². The third-order valence-corrected chi connectivity index (χ3v) is 14.2. The number of carbonyl (C=O) groups excluding carboxylic acids is 5. The molecule has 0 aliphatic carbocycles. The van der Waals surface area contributed by atoms with Gasteiger partial charge in [0.1, 0.15) is 17.8 Å². The van der Waals surface area contributed by atoms with Gasteiger partial charge in [-0.1, -0.05) is 46.4 Å². The third-order valence-electron chi connectivity index (χ3n) is 14.2. The summed E-state index contributed by atoms with van der Waals surface area (Å²) >= 11 is 0. The Bertz CT molecular complexity index is 2520. The average molecular weight is 932 g/mol. The van der Waals surface area contributed by atoms with Crippen molar-refractivity contribution in [2.75, 3.05) is 46.4 Å². The number of hydrogen-bond acceptors (Lipinski definition) is 10. The minimum atomic E-state index is -1.02. The van der Waals surface area contributed by atoms with E-state index in [9.17, 15) is 29.1 Å². The zero-order valence-corrected chi connectivity index (χ0v) is 40.8. The molecule has 0 bridgehead atoms. The first-order chi connectivity index (χ1) is 32.5. The van der Waals surface area contributed by atoms with Gasteiger partial charge in [0.25, 0.3) is 12.4 Å². The van der Waals surface area contributed by atoms with E-state index < -0.39 is 28.8 Å². The largest absolute Gasteiger partial charge is 0.508 e. The zero-order valence-electron chi connectivity index (χ0n) is 40.8. The maximum Gasteiger partial charge on any atom is 0.293 e. The Kier molecular flexibility index (Phi) is 15.4. The third kappa shape index (κ3) is 10.3. The van der Waals surface area contributed by atoms with Crippen molar-refractivity contribution in [2.24, 2.45) is 16.7 Å². The summed E-state index contributed by atoms with van der Waals surface area (Å²) in [4.78, 5) is 75.3. The number of aromatic hydroxyl groups is 1. The van der Waals surface area contributed by atoms with Crippen LogP contribution in [0.4, 0.5) is 0 Å². The van der Waals surface area contributed by atoms with Crippen molar-refractivity contribution in [1.29, 1.82) is 0 Å². The number of ether oxygens (including phenoxy) is 2. The van der Waals surface area contributed by atoms with Crippen LogP contribution in [0.2, 0.25) is 0 Å². The Morgan fingerprint density at radius 3 is 2.43 bits per heavy atom. The van der Waals surface area contributed by atoms with E-state index in [0.717, 1.165) is 57.4 Å². The van der Waals surface area contributed by atoms with E-state index in [-0.39, 0.29) is 48.5 Å². The van der Waals surface area contributed by atoms with Gasteiger partial charge in [-0.05, 0) is 123 Å². The zero-order chi connectivity index (χ0) is 48.9. The van der Waals surface area contributed by atoms with Gasteiger partial charge in [-0.3, -0.25) is 34.0 Å². The first kappa shape index (κ1) is 49.8. The molecule has 3 unspecified atom stereocenters. The van der Waals surface area contributed by atoms with Gasteiger partial charge in [0.2, 0.25) is 17.7 Å². The van der Waals surface area contributed by atoms with E-state index in [1.165, 1.54) is 6.08 Å². The van der Waals surface area contributed by atoms with Gasteiger partial charge in [-0.2, -0.15) is 0 Å². The van der Waals surface area contributed by atoms with Crippen molar-refractivity contribution in [3.63, 3.8) is 0 Å². The SMILES string of the molecule is C=CC(=O)N1CCC2(CC1)CCN(C(C(=O)NC(Cc1cc(O)cc(-c3ccc4c(c3)c(CC(C)(C)COC=O)c(-c3cccnc3C(C)OC)n4CC)c1)C(=O)N1CCCCN1)C(C)C)C2=O. The monoisotopic (exact) mass is 932 g/mol. The number of likely N-dealkylation sites (tertiary alicyclic amines) is 2. The molecular weight excluding hydrogens is 863 g/mol. The molecule has 0 saturated carbocycles. The summed E-state index contributed by atoms with van der Waals surface area (Å²) in [6, 6.07) is 13.7. The lowest BCUT2D eigenvalue weighted by Crippen LogP contribution is -2.60. The molecule has 2 aromatic heterocycles. The van der Waals surface area contributed by atoms with Gasteiger partial charge in [-0.15, -0.1) is 0 Å². The normalized spacial score (nSPS) is 17.6. The van der Waals surface area contributed by atoms with Crippen LogP contribution in [0.1, 0.15) is 96.6 Å². The van der Waals surface area contributed by atoms with Crippen LogP contribution in [0.25, 0.3) is 33.3 Å². The number of fused-ring (bicyclic) bond motifs is 1. The maximum absolute atomic E-state index is 14.6. The highest BCUT2D eigenvalue weighted by atomic mass is 16.5. The van der Waals surface area contributed by atoms with Gasteiger partial charge < -0.3 is 34.3 Å². The number of pyridine rings is 1.